The van der Waals surface area contributed by atoms with Crippen LogP contribution in [-0.2, 0) is 0 Å². The average molecular weight is 378 g/mol. The first-order valence-corrected chi connectivity index (χ1v) is 7.33. The summed E-state index contributed by atoms with van der Waals surface area (Å²) in [6.45, 7) is 0.0990. The Bertz CT molecular complexity index is 738. The second kappa shape index (κ2) is 8.03. The molecule has 0 saturated carbocycles. The number of carboxylic acid groups (broad SMARTS) is 1. The fraction of sp³-hybridized carbons (Fsp3) is 0.133. The van der Waals surface area contributed by atoms with Crippen molar-refractivity contribution in [3.63, 3.8) is 0 Å². The molecule has 1 amide bonds. The van der Waals surface area contributed by atoms with Gasteiger partial charge in [-0.25, -0.2) is 13.6 Å². The van der Waals surface area contributed by atoms with E-state index in [0.29, 0.717) is 6.07 Å². The molecule has 0 atom stereocenters. The number of ether oxygens (including phenoxy) is 2. The van der Waals surface area contributed by atoms with Crippen molar-refractivity contribution < 1.29 is 28.2 Å². The molecule has 2 N–H and O–H groups in total. The Morgan fingerprint density at radius 3 is 2.25 bits per heavy atom. The number of hydrogen-bond acceptors (Lipinski definition) is 3. The van der Waals surface area contributed by atoms with Gasteiger partial charge in [0.15, 0.2) is 0 Å². The summed E-state index contributed by atoms with van der Waals surface area (Å²) in [7, 11) is 0. The maximum absolute atomic E-state index is 13.2. The highest BCUT2D eigenvalue weighted by atomic mass is 35.5. The number of rotatable bonds is 6. The quantitative estimate of drug-likeness (QED) is 0.715. The molecule has 2 rings (SSSR count). The lowest BCUT2D eigenvalue weighted by molar-refractivity contribution is 0.191. The smallest absolute Gasteiger partial charge is 0.404 e. The molecule has 2 aromatic rings. The van der Waals surface area contributed by atoms with Crippen LogP contribution >= 0.6 is 23.2 Å². The van der Waals surface area contributed by atoms with Gasteiger partial charge in [-0.3, -0.25) is 0 Å². The Hall–Kier alpha value is -2.25. The minimum Gasteiger partial charge on any atom is -0.490 e. The number of amides is 1. The molecule has 0 heterocycles. The highest BCUT2D eigenvalue weighted by Gasteiger charge is 2.12. The van der Waals surface area contributed by atoms with E-state index in [4.69, 9.17) is 37.8 Å². The molecule has 2 aromatic carbocycles. The molecule has 0 aliphatic heterocycles. The van der Waals surface area contributed by atoms with Crippen molar-refractivity contribution in [1.82, 2.24) is 5.32 Å². The van der Waals surface area contributed by atoms with Crippen molar-refractivity contribution in [3.8, 4) is 17.2 Å². The van der Waals surface area contributed by atoms with Crippen LogP contribution in [0.3, 0.4) is 0 Å². The summed E-state index contributed by atoms with van der Waals surface area (Å²) in [6.07, 6.45) is -1.17. The zero-order chi connectivity index (χ0) is 17.7. The Labute approximate surface area is 145 Å². The molecule has 9 heteroatoms. The molecule has 24 heavy (non-hydrogen) atoms. The van der Waals surface area contributed by atoms with Crippen molar-refractivity contribution in [2.75, 3.05) is 13.2 Å². The van der Waals surface area contributed by atoms with Crippen molar-refractivity contribution >= 4 is 29.3 Å². The molecular formula is C15H11Cl2F2NO4. The molecule has 0 saturated heterocycles. The van der Waals surface area contributed by atoms with Gasteiger partial charge in [-0.05, 0) is 0 Å². The van der Waals surface area contributed by atoms with Crippen molar-refractivity contribution in [3.05, 3.63) is 52.0 Å². The van der Waals surface area contributed by atoms with E-state index in [2.05, 4.69) is 5.32 Å². The van der Waals surface area contributed by atoms with Crippen LogP contribution in [-0.4, -0.2) is 24.4 Å². The van der Waals surface area contributed by atoms with E-state index in [1.807, 2.05) is 0 Å². The average Bonchev–Trinajstić information content (AvgIpc) is 2.47. The van der Waals surface area contributed by atoms with Crippen molar-refractivity contribution in [1.29, 1.82) is 0 Å². The van der Waals surface area contributed by atoms with E-state index in [9.17, 15) is 13.6 Å². The number of hydrogen-bond donors (Lipinski definition) is 2. The van der Waals surface area contributed by atoms with Gasteiger partial charge in [0.25, 0.3) is 0 Å². The van der Waals surface area contributed by atoms with Gasteiger partial charge in [-0.15, -0.1) is 0 Å². The molecule has 0 unspecified atom stereocenters. The van der Waals surface area contributed by atoms with Gasteiger partial charge >= 0.3 is 6.09 Å². The zero-order valence-electron chi connectivity index (χ0n) is 12.0. The van der Waals surface area contributed by atoms with Gasteiger partial charge < -0.3 is 19.9 Å². The molecule has 0 fully saturated rings. The predicted molar refractivity (Wildman–Crippen MR) is 84.4 cm³/mol. The first kappa shape index (κ1) is 18.1. The van der Waals surface area contributed by atoms with E-state index >= 15 is 0 Å². The minimum atomic E-state index is -1.17. The van der Waals surface area contributed by atoms with Crippen molar-refractivity contribution in [2.24, 2.45) is 0 Å². The number of halogens is 4. The number of benzene rings is 2. The van der Waals surface area contributed by atoms with Crippen LogP contribution in [0.4, 0.5) is 13.6 Å². The summed E-state index contributed by atoms with van der Waals surface area (Å²) in [5.74, 6) is -1.37. The first-order valence-electron chi connectivity index (χ1n) is 6.58. The molecular weight excluding hydrogens is 367 g/mol. The van der Waals surface area contributed by atoms with Gasteiger partial charge in [0.2, 0.25) is 0 Å². The largest absolute Gasteiger partial charge is 0.490 e. The maximum atomic E-state index is 13.2. The molecule has 0 aromatic heterocycles. The van der Waals surface area contributed by atoms with E-state index in [1.165, 1.54) is 12.1 Å². The van der Waals surface area contributed by atoms with Crippen LogP contribution < -0.4 is 14.8 Å². The summed E-state index contributed by atoms with van der Waals surface area (Å²) in [6, 6.07) is 5.39. The lowest BCUT2D eigenvalue weighted by atomic mass is 10.3. The topological polar surface area (TPSA) is 67.8 Å². The lowest BCUT2D eigenvalue weighted by Gasteiger charge is -2.12. The van der Waals surface area contributed by atoms with E-state index in [-0.39, 0.29) is 40.4 Å². The summed E-state index contributed by atoms with van der Waals surface area (Å²) >= 11 is 12.1. The molecule has 0 radical (unpaired) electrons. The van der Waals surface area contributed by atoms with E-state index in [1.54, 1.807) is 0 Å². The minimum absolute atomic E-state index is 0.0393. The molecule has 5 nitrogen and oxygen atoms in total. The summed E-state index contributed by atoms with van der Waals surface area (Å²) in [4.78, 5) is 10.3. The third-order valence-corrected chi connectivity index (χ3v) is 3.28. The third-order valence-electron chi connectivity index (χ3n) is 2.69. The van der Waals surface area contributed by atoms with E-state index < -0.39 is 17.7 Å². The van der Waals surface area contributed by atoms with Crippen LogP contribution in [0, 0.1) is 11.6 Å². The Kier molecular flexibility index (Phi) is 6.05. The maximum Gasteiger partial charge on any atom is 0.404 e. The van der Waals surface area contributed by atoms with Gasteiger partial charge in [-0.2, -0.15) is 0 Å². The Morgan fingerprint density at radius 2 is 1.62 bits per heavy atom. The van der Waals surface area contributed by atoms with Gasteiger partial charge in [0.05, 0.1) is 16.6 Å². The van der Waals surface area contributed by atoms with Crippen LogP contribution in [0.1, 0.15) is 0 Å². The Balaban J connectivity index is 2.09. The van der Waals surface area contributed by atoms with E-state index in [0.717, 1.165) is 12.1 Å². The first-order chi connectivity index (χ1) is 11.3. The third kappa shape index (κ3) is 5.14. The van der Waals surface area contributed by atoms with Gasteiger partial charge in [0, 0.05) is 30.3 Å². The SMILES string of the molecule is O=C(O)NCCOc1cc(Cl)c(Oc2cc(F)cc(F)c2)cc1Cl. The van der Waals surface area contributed by atoms with Crippen LogP contribution in [0.5, 0.6) is 17.2 Å². The summed E-state index contributed by atoms with van der Waals surface area (Å²) in [5, 5.41) is 10.8. The fourth-order valence-electron chi connectivity index (χ4n) is 1.73. The van der Waals surface area contributed by atoms with Crippen LogP contribution in [0.2, 0.25) is 10.0 Å². The molecule has 0 bridgehead atoms. The van der Waals surface area contributed by atoms with Gasteiger partial charge in [-0.1, -0.05) is 23.2 Å². The summed E-state index contributed by atoms with van der Waals surface area (Å²) < 4.78 is 36.9. The Morgan fingerprint density at radius 1 is 1.04 bits per heavy atom. The zero-order valence-corrected chi connectivity index (χ0v) is 13.5. The van der Waals surface area contributed by atoms with Gasteiger partial charge in [0.1, 0.15) is 35.5 Å². The number of nitrogens with one attached hydrogen (secondary N) is 1. The predicted octanol–water partition coefficient (Wildman–Crippen LogP) is 4.71. The molecule has 0 spiro atoms. The van der Waals surface area contributed by atoms with Crippen LogP contribution in [0.25, 0.3) is 0 Å². The molecule has 0 aliphatic carbocycles. The number of carbonyl (C=O) groups is 1. The normalized spacial score (nSPS) is 10.3. The molecule has 0 aliphatic rings. The highest BCUT2D eigenvalue weighted by molar-refractivity contribution is 6.35. The monoisotopic (exact) mass is 377 g/mol. The van der Waals surface area contributed by atoms with Crippen molar-refractivity contribution in [2.45, 2.75) is 0 Å². The van der Waals surface area contributed by atoms with Crippen LogP contribution in [0.15, 0.2) is 30.3 Å². The highest BCUT2D eigenvalue weighted by Crippen LogP contribution is 2.38. The second-order valence-electron chi connectivity index (χ2n) is 4.50. The molecule has 128 valence electrons. The standard InChI is InChI=1S/C15H11Cl2F2NO4/c16-11-7-14(24-10-4-8(18)3-9(19)5-10)12(17)6-13(11)23-2-1-20-15(21)22/h3-7,20H,1-2H2,(H,21,22). The summed E-state index contributed by atoms with van der Waals surface area (Å²) in [5.41, 5.74) is 0. The second-order valence-corrected chi connectivity index (χ2v) is 5.32. The fourth-order valence-corrected chi connectivity index (χ4v) is 2.13. The lowest BCUT2D eigenvalue weighted by Crippen LogP contribution is -2.26.